The summed E-state index contributed by atoms with van der Waals surface area (Å²) >= 11 is 1.31. The highest BCUT2D eigenvalue weighted by molar-refractivity contribution is 7.18. The van der Waals surface area contributed by atoms with E-state index in [1.165, 1.54) is 25.6 Å². The van der Waals surface area contributed by atoms with Gasteiger partial charge in [0.2, 0.25) is 5.13 Å². The van der Waals surface area contributed by atoms with Gasteiger partial charge < -0.3 is 9.47 Å². The molecule has 1 amide bonds. The monoisotopic (exact) mass is 391 g/mol. The molecule has 7 heteroatoms. The first-order valence-corrected chi connectivity index (χ1v) is 9.37. The predicted octanol–water partition coefficient (Wildman–Crippen LogP) is 4.63. The summed E-state index contributed by atoms with van der Waals surface area (Å²) in [4.78, 5) is 12.8. The molecule has 0 saturated heterocycles. The number of methoxy groups -OCH3 is 2. The topological polar surface area (TPSA) is 73.3 Å². The number of nitrogens with one attached hydrogen (secondary N) is 1. The largest absolute Gasteiger partial charge is 0.496 e. The molecule has 0 spiro atoms. The molecule has 3 aromatic carbocycles. The van der Waals surface area contributed by atoms with Gasteiger partial charge in [0.15, 0.2) is 0 Å². The van der Waals surface area contributed by atoms with Gasteiger partial charge in [-0.25, -0.2) is 0 Å². The van der Waals surface area contributed by atoms with E-state index in [9.17, 15) is 4.79 Å². The summed E-state index contributed by atoms with van der Waals surface area (Å²) in [6, 6.07) is 19.3. The lowest BCUT2D eigenvalue weighted by Crippen LogP contribution is -2.14. The first-order valence-electron chi connectivity index (χ1n) is 8.55. The van der Waals surface area contributed by atoms with Crippen molar-refractivity contribution >= 4 is 33.1 Å². The minimum absolute atomic E-state index is 0.314. The Morgan fingerprint density at radius 1 is 0.893 bits per heavy atom. The second-order valence-corrected chi connectivity index (χ2v) is 6.91. The standard InChI is InChI=1S/C21H17N3O3S/c1-26-16-11-6-12-17(27-2)18(16)19(25)22-21-24-23-20(28-21)15-10-5-8-13-7-3-4-9-14(13)15/h3-12H,1-2H3,(H,22,24,25). The molecular weight excluding hydrogens is 374 g/mol. The third-order valence-electron chi connectivity index (χ3n) is 4.32. The van der Waals surface area contributed by atoms with E-state index in [0.29, 0.717) is 22.2 Å². The van der Waals surface area contributed by atoms with E-state index in [2.05, 4.69) is 27.6 Å². The summed E-state index contributed by atoms with van der Waals surface area (Å²) in [5, 5.41) is 14.5. The SMILES string of the molecule is COc1cccc(OC)c1C(=O)Nc1nnc(-c2cccc3ccccc23)s1. The predicted molar refractivity (Wildman–Crippen MR) is 110 cm³/mol. The first-order chi connectivity index (χ1) is 13.7. The van der Waals surface area contributed by atoms with E-state index in [4.69, 9.17) is 9.47 Å². The fraction of sp³-hybridized carbons (Fsp3) is 0.0952. The van der Waals surface area contributed by atoms with Gasteiger partial charge in [-0.1, -0.05) is 59.9 Å². The number of carbonyl (C=O) groups excluding carboxylic acids is 1. The fourth-order valence-electron chi connectivity index (χ4n) is 3.03. The van der Waals surface area contributed by atoms with Crippen molar-refractivity contribution < 1.29 is 14.3 Å². The van der Waals surface area contributed by atoms with Crippen LogP contribution in [0.4, 0.5) is 5.13 Å². The molecule has 4 rings (SSSR count). The van der Waals surface area contributed by atoms with Crippen molar-refractivity contribution in [3.8, 4) is 22.1 Å². The molecule has 0 unspecified atom stereocenters. The van der Waals surface area contributed by atoms with Crippen LogP contribution in [-0.4, -0.2) is 30.3 Å². The zero-order chi connectivity index (χ0) is 19.5. The van der Waals surface area contributed by atoms with Gasteiger partial charge in [-0.05, 0) is 22.9 Å². The van der Waals surface area contributed by atoms with Crippen LogP contribution in [0.2, 0.25) is 0 Å². The van der Waals surface area contributed by atoms with E-state index >= 15 is 0 Å². The van der Waals surface area contributed by atoms with Crippen LogP contribution in [-0.2, 0) is 0 Å². The molecule has 0 aliphatic heterocycles. The second-order valence-electron chi connectivity index (χ2n) is 5.93. The van der Waals surface area contributed by atoms with Crippen LogP contribution in [0, 0.1) is 0 Å². The van der Waals surface area contributed by atoms with E-state index in [1.54, 1.807) is 18.2 Å². The van der Waals surface area contributed by atoms with Crippen molar-refractivity contribution in [1.29, 1.82) is 0 Å². The number of nitrogens with zero attached hydrogens (tertiary/aromatic N) is 2. The van der Waals surface area contributed by atoms with E-state index < -0.39 is 0 Å². The number of benzene rings is 3. The average Bonchev–Trinajstić information content (AvgIpc) is 3.20. The highest BCUT2D eigenvalue weighted by Crippen LogP contribution is 2.33. The van der Waals surface area contributed by atoms with Gasteiger partial charge in [-0.3, -0.25) is 10.1 Å². The molecule has 0 radical (unpaired) electrons. The van der Waals surface area contributed by atoms with Crippen LogP contribution in [0.1, 0.15) is 10.4 Å². The molecule has 0 aliphatic rings. The van der Waals surface area contributed by atoms with Gasteiger partial charge in [0.25, 0.3) is 5.91 Å². The molecule has 0 atom stereocenters. The van der Waals surface area contributed by atoms with Gasteiger partial charge in [-0.2, -0.15) is 0 Å². The molecule has 0 bridgehead atoms. The Hall–Kier alpha value is -3.45. The fourth-order valence-corrected chi connectivity index (χ4v) is 3.81. The molecule has 0 fully saturated rings. The lowest BCUT2D eigenvalue weighted by atomic mass is 10.1. The van der Waals surface area contributed by atoms with Crippen LogP contribution in [0.15, 0.2) is 60.7 Å². The summed E-state index contributed by atoms with van der Waals surface area (Å²) in [6.07, 6.45) is 0. The number of hydrogen-bond acceptors (Lipinski definition) is 6. The van der Waals surface area contributed by atoms with Crippen LogP contribution in [0.25, 0.3) is 21.3 Å². The quantitative estimate of drug-likeness (QED) is 0.537. The van der Waals surface area contributed by atoms with Gasteiger partial charge in [0.05, 0.1) is 14.2 Å². The van der Waals surface area contributed by atoms with Crippen LogP contribution < -0.4 is 14.8 Å². The number of ether oxygens (including phenoxy) is 2. The second kappa shape index (κ2) is 7.66. The summed E-state index contributed by atoms with van der Waals surface area (Å²) < 4.78 is 10.6. The number of anilines is 1. The zero-order valence-electron chi connectivity index (χ0n) is 15.3. The molecule has 6 nitrogen and oxygen atoms in total. The highest BCUT2D eigenvalue weighted by atomic mass is 32.1. The Morgan fingerprint density at radius 3 is 2.32 bits per heavy atom. The lowest BCUT2D eigenvalue weighted by molar-refractivity contribution is 0.102. The van der Waals surface area contributed by atoms with E-state index in [0.717, 1.165) is 21.3 Å². The van der Waals surface area contributed by atoms with E-state index in [1.807, 2.05) is 30.3 Å². The van der Waals surface area contributed by atoms with Gasteiger partial charge in [-0.15, -0.1) is 10.2 Å². The summed E-state index contributed by atoms with van der Waals surface area (Å²) in [6.45, 7) is 0. The maximum atomic E-state index is 12.8. The maximum absolute atomic E-state index is 12.8. The number of carbonyl (C=O) groups is 1. The normalized spacial score (nSPS) is 10.6. The molecule has 28 heavy (non-hydrogen) atoms. The third kappa shape index (κ3) is 3.27. The molecule has 0 saturated carbocycles. The number of fused-ring (bicyclic) bond motifs is 1. The van der Waals surface area contributed by atoms with E-state index in [-0.39, 0.29) is 5.91 Å². The molecule has 1 heterocycles. The Bertz CT molecular complexity index is 1130. The van der Waals surface area contributed by atoms with Crippen molar-refractivity contribution in [1.82, 2.24) is 10.2 Å². The van der Waals surface area contributed by atoms with Crippen LogP contribution in [0.5, 0.6) is 11.5 Å². The van der Waals surface area contributed by atoms with Crippen molar-refractivity contribution in [2.45, 2.75) is 0 Å². The summed E-state index contributed by atoms with van der Waals surface area (Å²) in [5.41, 5.74) is 1.29. The average molecular weight is 391 g/mol. The molecular formula is C21H17N3O3S. The first kappa shape index (κ1) is 17.9. The molecule has 0 aliphatic carbocycles. The van der Waals surface area contributed by atoms with Crippen molar-refractivity contribution in [3.05, 3.63) is 66.2 Å². The van der Waals surface area contributed by atoms with Crippen molar-refractivity contribution in [2.75, 3.05) is 19.5 Å². The molecule has 140 valence electrons. The minimum atomic E-state index is -0.366. The zero-order valence-corrected chi connectivity index (χ0v) is 16.1. The number of rotatable bonds is 5. The third-order valence-corrected chi connectivity index (χ3v) is 5.19. The maximum Gasteiger partial charge on any atom is 0.265 e. The molecule has 4 aromatic rings. The van der Waals surface area contributed by atoms with Gasteiger partial charge in [0, 0.05) is 5.56 Å². The number of hydrogen-bond donors (Lipinski definition) is 1. The van der Waals surface area contributed by atoms with Gasteiger partial charge >= 0.3 is 0 Å². The van der Waals surface area contributed by atoms with Gasteiger partial charge in [0.1, 0.15) is 22.1 Å². The Morgan fingerprint density at radius 2 is 1.57 bits per heavy atom. The Labute approximate surface area is 165 Å². The highest BCUT2D eigenvalue weighted by Gasteiger charge is 2.20. The van der Waals surface area contributed by atoms with Crippen LogP contribution in [0.3, 0.4) is 0 Å². The Kier molecular flexibility index (Phi) is 4.90. The van der Waals surface area contributed by atoms with Crippen molar-refractivity contribution in [2.24, 2.45) is 0 Å². The molecule has 1 N–H and O–H groups in total. The summed E-state index contributed by atoms with van der Waals surface area (Å²) in [7, 11) is 3.02. The summed E-state index contributed by atoms with van der Waals surface area (Å²) in [5.74, 6) is 0.487. The number of aromatic nitrogens is 2. The van der Waals surface area contributed by atoms with Crippen molar-refractivity contribution in [3.63, 3.8) is 0 Å². The van der Waals surface area contributed by atoms with Crippen LogP contribution >= 0.6 is 11.3 Å². The Balaban J connectivity index is 1.65. The number of amides is 1. The lowest BCUT2D eigenvalue weighted by Gasteiger charge is -2.11. The minimum Gasteiger partial charge on any atom is -0.496 e. The smallest absolute Gasteiger partial charge is 0.265 e. The molecule has 1 aromatic heterocycles.